The molecule has 3 aromatic rings. The van der Waals surface area contributed by atoms with Gasteiger partial charge in [-0.05, 0) is 67.3 Å². The van der Waals surface area contributed by atoms with Crippen molar-refractivity contribution in [1.29, 1.82) is 0 Å². The van der Waals surface area contributed by atoms with E-state index in [0.29, 0.717) is 46.3 Å². The van der Waals surface area contributed by atoms with E-state index in [1.165, 1.54) is 23.3 Å². The Morgan fingerprint density at radius 3 is 2.49 bits per heavy atom. The van der Waals surface area contributed by atoms with Crippen molar-refractivity contribution in [2.24, 2.45) is 11.3 Å². The molecule has 1 saturated heterocycles. The molecular weight excluding hydrogens is 684 g/mol. The Morgan fingerprint density at radius 1 is 1.00 bits per heavy atom. The summed E-state index contributed by atoms with van der Waals surface area (Å²) >= 11 is 0. The van der Waals surface area contributed by atoms with Gasteiger partial charge >= 0.3 is 0 Å². The third-order valence-electron chi connectivity index (χ3n) is 12.4. The van der Waals surface area contributed by atoms with Crippen LogP contribution in [0, 0.1) is 18.3 Å². The fraction of sp³-hybridized carbons (Fsp3) is 0.513. The summed E-state index contributed by atoms with van der Waals surface area (Å²) in [5.74, 6) is -3.48. The first-order valence-electron chi connectivity index (χ1n) is 18.4. The summed E-state index contributed by atoms with van der Waals surface area (Å²) in [5, 5.41) is 76.7. The molecule has 53 heavy (non-hydrogen) atoms. The topological polar surface area (TPSA) is 214 Å². The van der Waals surface area contributed by atoms with Gasteiger partial charge in [0, 0.05) is 58.9 Å². The summed E-state index contributed by atoms with van der Waals surface area (Å²) in [5.41, 5.74) is 1.58. The number of aromatic nitrogens is 1. The van der Waals surface area contributed by atoms with Gasteiger partial charge in [0.15, 0.2) is 17.6 Å². The molecule has 14 heteroatoms. The van der Waals surface area contributed by atoms with Crippen LogP contribution in [0.4, 0.5) is 5.82 Å². The van der Waals surface area contributed by atoms with Crippen molar-refractivity contribution in [2.75, 3.05) is 18.4 Å². The Hall–Kier alpha value is -4.15. The number of ketones is 2. The van der Waals surface area contributed by atoms with E-state index in [1.807, 2.05) is 13.8 Å². The molecule has 1 saturated carbocycles. The van der Waals surface area contributed by atoms with Crippen molar-refractivity contribution in [3.05, 3.63) is 69.5 Å². The third kappa shape index (κ3) is 4.60. The van der Waals surface area contributed by atoms with E-state index >= 15 is 0 Å². The summed E-state index contributed by atoms with van der Waals surface area (Å²) in [6, 6.07) is 4.60. The van der Waals surface area contributed by atoms with Gasteiger partial charge in [0.1, 0.15) is 35.6 Å². The molecular formula is C39H44N4O10. The number of pyridine rings is 1. The van der Waals surface area contributed by atoms with Crippen LogP contribution in [0.25, 0.3) is 10.8 Å². The number of aromatic hydroxyl groups is 1. The van der Waals surface area contributed by atoms with E-state index in [9.17, 15) is 40.2 Å². The molecule has 0 radical (unpaired) electrons. The number of hydrazine groups is 1. The number of carbonyl (C=O) groups excluding carboxylic acids is 2. The van der Waals surface area contributed by atoms with Crippen LogP contribution in [0.5, 0.6) is 11.5 Å². The number of anilines is 1. The van der Waals surface area contributed by atoms with Crippen molar-refractivity contribution < 1.29 is 49.7 Å². The van der Waals surface area contributed by atoms with Crippen molar-refractivity contribution in [2.45, 2.75) is 101 Å². The summed E-state index contributed by atoms with van der Waals surface area (Å²) in [6.45, 7) is 5.92. The van der Waals surface area contributed by atoms with Crippen molar-refractivity contribution in [3.8, 4) is 11.5 Å². The Morgan fingerprint density at radius 2 is 1.75 bits per heavy atom. The predicted molar refractivity (Wildman–Crippen MR) is 189 cm³/mol. The van der Waals surface area contributed by atoms with Crippen LogP contribution in [-0.4, -0.2) is 107 Å². The van der Waals surface area contributed by atoms with Gasteiger partial charge in [0.2, 0.25) is 11.6 Å². The Labute approximate surface area is 305 Å². The molecule has 0 unspecified atom stereocenters. The van der Waals surface area contributed by atoms with Gasteiger partial charge in [-0.1, -0.05) is 26.7 Å². The molecule has 7 atom stereocenters. The number of fused-ring (bicyclic) bond motifs is 6. The minimum atomic E-state index is -2.16. The molecule has 14 nitrogen and oxygen atoms in total. The van der Waals surface area contributed by atoms with Crippen LogP contribution < -0.4 is 15.5 Å². The molecule has 1 aromatic heterocycles. The number of hydrogen-bond donors (Lipinski definition) is 8. The summed E-state index contributed by atoms with van der Waals surface area (Å²) < 4.78 is 13.5. The van der Waals surface area contributed by atoms with Gasteiger partial charge in [-0.2, -0.15) is 5.01 Å². The number of aliphatic hydroxyl groups excluding tert-OH is 5. The molecule has 8 N–H and O–H groups in total. The van der Waals surface area contributed by atoms with Gasteiger partial charge in [-0.3, -0.25) is 9.59 Å². The number of hydrogen-bond acceptors (Lipinski definition) is 14. The second-order valence-electron chi connectivity index (χ2n) is 16.1. The molecule has 0 amide bonds. The number of phenolic OH excluding ortho intramolecular Hbond substituents is 1. The molecule has 280 valence electrons. The zero-order chi connectivity index (χ0) is 37.4. The zero-order valence-corrected chi connectivity index (χ0v) is 29.7. The average molecular weight is 729 g/mol. The molecule has 2 aliphatic carbocycles. The number of phenols is 1. The second kappa shape index (κ2) is 11.7. The number of nitrogens with zero attached hydrogens (tertiary/aromatic N) is 2. The number of aliphatic hydroxyl groups is 5. The fourth-order valence-electron chi connectivity index (χ4n) is 9.88. The Kier molecular flexibility index (Phi) is 7.62. The fourth-order valence-corrected chi connectivity index (χ4v) is 9.88. The Balaban J connectivity index is 1.34. The number of benzene rings is 2. The first-order valence-corrected chi connectivity index (χ1v) is 18.4. The van der Waals surface area contributed by atoms with Crippen LogP contribution >= 0.6 is 0 Å². The number of rotatable bonds is 2. The molecule has 10 rings (SSSR count). The molecule has 3 spiro atoms. The van der Waals surface area contributed by atoms with Gasteiger partial charge in [0.05, 0.1) is 17.2 Å². The maximum Gasteiger partial charge on any atom is 0.240 e. The van der Waals surface area contributed by atoms with Crippen LogP contribution in [-0.2, 0) is 11.2 Å². The predicted octanol–water partition coefficient (Wildman–Crippen LogP) is 1.92. The van der Waals surface area contributed by atoms with E-state index in [1.54, 1.807) is 19.1 Å². The molecule has 6 heterocycles. The van der Waals surface area contributed by atoms with E-state index in [2.05, 4.69) is 15.7 Å². The lowest BCUT2D eigenvalue weighted by Gasteiger charge is -2.59. The lowest BCUT2D eigenvalue weighted by Crippen LogP contribution is -2.78. The van der Waals surface area contributed by atoms with E-state index < -0.39 is 59.0 Å². The quantitative estimate of drug-likeness (QED) is 0.148. The van der Waals surface area contributed by atoms with Crippen molar-refractivity contribution >= 4 is 28.2 Å². The maximum atomic E-state index is 14.6. The van der Waals surface area contributed by atoms with Crippen LogP contribution in [0.2, 0.25) is 0 Å². The molecule has 2 aromatic carbocycles. The average Bonchev–Trinajstić information content (AvgIpc) is 3.63. The Bertz CT molecular complexity index is 2130. The minimum absolute atomic E-state index is 0.0106. The monoisotopic (exact) mass is 728 g/mol. The third-order valence-corrected chi connectivity index (χ3v) is 12.4. The van der Waals surface area contributed by atoms with Crippen molar-refractivity contribution in [3.63, 3.8) is 0 Å². The highest BCUT2D eigenvalue weighted by Crippen LogP contribution is 2.55. The van der Waals surface area contributed by atoms with Crippen LogP contribution in [0.1, 0.15) is 88.9 Å². The minimum Gasteiger partial charge on any atom is -0.507 e. The second-order valence-corrected chi connectivity index (χ2v) is 16.1. The van der Waals surface area contributed by atoms with E-state index in [-0.39, 0.29) is 65.6 Å². The van der Waals surface area contributed by atoms with E-state index in [0.717, 1.165) is 12.8 Å². The smallest absolute Gasteiger partial charge is 0.240 e. The van der Waals surface area contributed by atoms with Gasteiger partial charge in [-0.15, -0.1) is 0 Å². The zero-order valence-electron chi connectivity index (χ0n) is 29.7. The maximum absolute atomic E-state index is 14.6. The molecule has 2 fully saturated rings. The summed E-state index contributed by atoms with van der Waals surface area (Å²) in [7, 11) is 0. The molecule has 7 aliphatic rings. The first-order chi connectivity index (χ1) is 25.2. The van der Waals surface area contributed by atoms with Crippen LogP contribution in [0.3, 0.4) is 0 Å². The number of aryl methyl sites for hydroxylation is 2. The SMILES string of the molecule is Cc1cc(O)c2c(c1)C(=O)c1c(c3c4c5c(nccc15)NC[C@H](O)C1(CCCC1)C1=C[C@@]5(O[C@@](CC4)(O3)[C@H](O)[C@@H](O)[C@@H]5O)[C@@H](O)N(CC(C)C)N1)C2=O. The van der Waals surface area contributed by atoms with Gasteiger partial charge in [0.25, 0.3) is 0 Å². The standard InChI is InChI=1S/C39H44N4O10/c1-17(2)16-43-36(51)38-14-23(42-43)37(8-4-5-9-37)24(45)15-41-35-25-19(7-11-40-35)27-28(30(47)26-21(29(27)46)12-18(3)13-22(26)44)32-20(25)6-10-39(52-32,53-38)34(50)31(48)33(38)49/h7,11-14,17,24,31,33-34,36,42,44-45,48-51H,4-6,8-10,15-16H2,1-3H3,(H,40,41)/t24-,31-,33-,34+,36+,38-,39+/m0/s1. The highest BCUT2D eigenvalue weighted by atomic mass is 16.7. The number of nitrogens with one attached hydrogen (secondary N) is 2. The number of ether oxygens (including phenoxy) is 2. The van der Waals surface area contributed by atoms with E-state index in [4.69, 9.17) is 9.47 Å². The van der Waals surface area contributed by atoms with Crippen molar-refractivity contribution in [1.82, 2.24) is 15.4 Å². The summed E-state index contributed by atoms with van der Waals surface area (Å²) in [6.07, 6.45) is -2.54. The first kappa shape index (κ1) is 34.6. The molecule has 5 aliphatic heterocycles. The molecule has 6 bridgehead atoms. The van der Waals surface area contributed by atoms with Gasteiger partial charge < -0.3 is 50.9 Å². The highest BCUT2D eigenvalue weighted by molar-refractivity contribution is 6.34. The van der Waals surface area contributed by atoms with Crippen LogP contribution in [0.15, 0.2) is 36.2 Å². The summed E-state index contributed by atoms with van der Waals surface area (Å²) in [4.78, 5) is 33.8. The van der Waals surface area contributed by atoms with Gasteiger partial charge in [-0.25, -0.2) is 4.98 Å². The normalized spacial score (nSPS) is 32.9. The largest absolute Gasteiger partial charge is 0.507 e. The number of carbonyl (C=O) groups is 2. The lowest BCUT2D eigenvalue weighted by molar-refractivity contribution is -0.387. The highest BCUT2D eigenvalue weighted by Gasteiger charge is 2.67. The lowest BCUT2D eigenvalue weighted by atomic mass is 9.71.